The first-order chi connectivity index (χ1) is 13.7. The van der Waals surface area contributed by atoms with E-state index in [-0.39, 0.29) is 5.91 Å². The van der Waals surface area contributed by atoms with Crippen LogP contribution in [-0.2, 0) is 21.5 Å². The molecule has 4 rings (SSSR count). The lowest BCUT2D eigenvalue weighted by atomic mass is 9.73. The molecule has 2 heterocycles. The van der Waals surface area contributed by atoms with Gasteiger partial charge in [0.15, 0.2) is 0 Å². The fourth-order valence-electron chi connectivity index (χ4n) is 3.94. The first-order valence-electron chi connectivity index (χ1n) is 9.71. The maximum absolute atomic E-state index is 13.2. The van der Waals surface area contributed by atoms with Crippen LogP contribution >= 0.6 is 15.9 Å². The van der Waals surface area contributed by atoms with Crippen LogP contribution in [0.2, 0.25) is 0 Å². The van der Waals surface area contributed by atoms with E-state index in [0.717, 1.165) is 34.0 Å². The minimum atomic E-state index is -0.499. The molecule has 0 saturated carbocycles. The predicted molar refractivity (Wildman–Crippen MR) is 113 cm³/mol. The largest absolute Gasteiger partial charge is 0.381 e. The van der Waals surface area contributed by atoms with Gasteiger partial charge >= 0.3 is 0 Å². The van der Waals surface area contributed by atoms with E-state index in [1.165, 1.54) is 0 Å². The standard InChI is InChI=1S/C22H24BrN3O2/c23-18-8-6-17(7-9-18)22(10-14-28-15-11-22)21(27)24-12-3-13-26-16-25-19-4-1-2-5-20(19)26/h1-2,4-9,16H,3,10-15H2,(H,24,27). The Hall–Kier alpha value is -2.18. The van der Waals surface area contributed by atoms with Gasteiger partial charge in [0.2, 0.25) is 5.91 Å². The van der Waals surface area contributed by atoms with Gasteiger partial charge in [0.25, 0.3) is 0 Å². The maximum atomic E-state index is 13.2. The van der Waals surface area contributed by atoms with E-state index in [9.17, 15) is 4.79 Å². The van der Waals surface area contributed by atoms with Crippen LogP contribution in [-0.4, -0.2) is 35.2 Å². The molecule has 0 atom stereocenters. The molecule has 1 saturated heterocycles. The Morgan fingerprint density at radius 1 is 1.14 bits per heavy atom. The Labute approximate surface area is 173 Å². The van der Waals surface area contributed by atoms with E-state index in [0.29, 0.717) is 32.6 Å². The number of hydrogen-bond acceptors (Lipinski definition) is 3. The fourth-order valence-corrected chi connectivity index (χ4v) is 4.21. The second-order valence-electron chi connectivity index (χ2n) is 7.24. The molecule has 6 heteroatoms. The average Bonchev–Trinajstić information content (AvgIpc) is 3.15. The lowest BCUT2D eigenvalue weighted by molar-refractivity contribution is -0.130. The molecular weight excluding hydrogens is 418 g/mol. The van der Waals surface area contributed by atoms with Gasteiger partial charge in [-0.25, -0.2) is 4.98 Å². The van der Waals surface area contributed by atoms with Crippen molar-refractivity contribution in [1.82, 2.24) is 14.9 Å². The number of aromatic nitrogens is 2. The summed E-state index contributed by atoms with van der Waals surface area (Å²) in [7, 11) is 0. The van der Waals surface area contributed by atoms with Crippen LogP contribution in [0.25, 0.3) is 11.0 Å². The van der Waals surface area contributed by atoms with Crippen LogP contribution < -0.4 is 5.32 Å². The summed E-state index contributed by atoms with van der Waals surface area (Å²) >= 11 is 3.48. The highest BCUT2D eigenvalue weighted by Gasteiger charge is 2.41. The minimum absolute atomic E-state index is 0.105. The summed E-state index contributed by atoms with van der Waals surface area (Å²) in [6.45, 7) is 2.70. The first-order valence-corrected chi connectivity index (χ1v) is 10.5. The van der Waals surface area contributed by atoms with Crippen molar-refractivity contribution in [3.8, 4) is 0 Å². The third kappa shape index (κ3) is 3.84. The van der Waals surface area contributed by atoms with Crippen LogP contribution in [0.4, 0.5) is 0 Å². The zero-order valence-corrected chi connectivity index (χ0v) is 17.3. The number of carbonyl (C=O) groups is 1. The SMILES string of the molecule is O=C(NCCCn1cnc2ccccc21)C1(c2ccc(Br)cc2)CCOCC1. The number of ether oxygens (including phenoxy) is 1. The molecular formula is C22H24BrN3O2. The number of amides is 1. The summed E-state index contributed by atoms with van der Waals surface area (Å²) in [4.78, 5) is 17.6. The number of para-hydroxylation sites is 2. The molecule has 1 amide bonds. The van der Waals surface area contributed by atoms with E-state index >= 15 is 0 Å². The highest BCUT2D eigenvalue weighted by molar-refractivity contribution is 9.10. The summed E-state index contributed by atoms with van der Waals surface area (Å²) in [6.07, 6.45) is 4.16. The average molecular weight is 442 g/mol. The predicted octanol–water partition coefficient (Wildman–Crippen LogP) is 4.05. The molecule has 2 aromatic carbocycles. The van der Waals surface area contributed by atoms with Crippen molar-refractivity contribution in [2.24, 2.45) is 0 Å². The van der Waals surface area contributed by atoms with E-state index in [2.05, 4.69) is 36.9 Å². The number of fused-ring (bicyclic) bond motifs is 1. The molecule has 1 fully saturated rings. The Kier molecular flexibility index (Phi) is 5.78. The second-order valence-corrected chi connectivity index (χ2v) is 8.15. The van der Waals surface area contributed by atoms with Crippen molar-refractivity contribution in [3.63, 3.8) is 0 Å². The van der Waals surface area contributed by atoms with Gasteiger partial charge in [-0.05, 0) is 49.1 Å². The number of nitrogens with zero attached hydrogens (tertiary/aromatic N) is 2. The van der Waals surface area contributed by atoms with Gasteiger partial charge in [-0.2, -0.15) is 0 Å². The van der Waals surface area contributed by atoms with Crippen molar-refractivity contribution in [3.05, 3.63) is 64.9 Å². The van der Waals surface area contributed by atoms with Crippen LogP contribution in [0.15, 0.2) is 59.3 Å². The van der Waals surface area contributed by atoms with Crippen molar-refractivity contribution >= 4 is 32.9 Å². The Morgan fingerprint density at radius 3 is 2.68 bits per heavy atom. The molecule has 0 aliphatic carbocycles. The fraction of sp³-hybridized carbons (Fsp3) is 0.364. The summed E-state index contributed by atoms with van der Waals surface area (Å²) in [6, 6.07) is 16.2. The molecule has 3 aromatic rings. The first kappa shape index (κ1) is 19.2. The number of halogens is 1. The van der Waals surface area contributed by atoms with Crippen LogP contribution in [0.3, 0.4) is 0 Å². The summed E-state index contributed by atoms with van der Waals surface area (Å²) in [5.41, 5.74) is 2.70. The van der Waals surface area contributed by atoms with Gasteiger partial charge < -0.3 is 14.6 Å². The monoisotopic (exact) mass is 441 g/mol. The maximum Gasteiger partial charge on any atom is 0.230 e. The third-order valence-corrected chi connectivity index (χ3v) is 6.10. The summed E-state index contributed by atoms with van der Waals surface area (Å²) < 4.78 is 8.70. The second kappa shape index (κ2) is 8.45. The number of nitrogens with one attached hydrogen (secondary N) is 1. The quantitative estimate of drug-likeness (QED) is 0.586. The summed E-state index contributed by atoms with van der Waals surface area (Å²) in [5.74, 6) is 0.105. The highest BCUT2D eigenvalue weighted by Crippen LogP contribution is 2.35. The molecule has 1 aromatic heterocycles. The third-order valence-electron chi connectivity index (χ3n) is 5.57. The van der Waals surface area contributed by atoms with E-state index in [1.54, 1.807) is 0 Å². The Bertz CT molecular complexity index is 946. The lowest BCUT2D eigenvalue weighted by Gasteiger charge is -2.36. The molecule has 1 aliphatic heterocycles. The zero-order valence-electron chi connectivity index (χ0n) is 15.7. The van der Waals surface area contributed by atoms with Gasteiger partial charge in [-0.15, -0.1) is 0 Å². The molecule has 146 valence electrons. The van der Waals surface area contributed by atoms with E-state index in [4.69, 9.17) is 4.74 Å². The van der Waals surface area contributed by atoms with Gasteiger partial charge in [0.1, 0.15) is 0 Å². The molecule has 1 aliphatic rings. The number of carbonyl (C=O) groups excluding carboxylic acids is 1. The van der Waals surface area contributed by atoms with Crippen molar-refractivity contribution < 1.29 is 9.53 Å². The lowest BCUT2D eigenvalue weighted by Crippen LogP contribution is -2.48. The normalized spacial score (nSPS) is 16.2. The molecule has 5 nitrogen and oxygen atoms in total. The highest BCUT2D eigenvalue weighted by atomic mass is 79.9. The van der Waals surface area contributed by atoms with Gasteiger partial charge in [-0.3, -0.25) is 4.79 Å². The van der Waals surface area contributed by atoms with Crippen molar-refractivity contribution in [1.29, 1.82) is 0 Å². The van der Waals surface area contributed by atoms with Crippen molar-refractivity contribution in [2.45, 2.75) is 31.2 Å². The minimum Gasteiger partial charge on any atom is -0.381 e. The number of hydrogen-bond donors (Lipinski definition) is 1. The Morgan fingerprint density at radius 2 is 1.89 bits per heavy atom. The number of imidazole rings is 1. The molecule has 28 heavy (non-hydrogen) atoms. The van der Waals surface area contributed by atoms with Gasteiger partial charge in [-0.1, -0.05) is 40.2 Å². The molecule has 0 spiro atoms. The topological polar surface area (TPSA) is 56.2 Å². The van der Waals surface area contributed by atoms with Crippen LogP contribution in [0.5, 0.6) is 0 Å². The van der Waals surface area contributed by atoms with Crippen LogP contribution in [0, 0.1) is 0 Å². The Balaban J connectivity index is 1.40. The van der Waals surface area contributed by atoms with Gasteiger partial charge in [0, 0.05) is 30.8 Å². The molecule has 0 radical (unpaired) electrons. The number of rotatable bonds is 6. The molecule has 1 N–H and O–H groups in total. The summed E-state index contributed by atoms with van der Waals surface area (Å²) in [5, 5.41) is 3.18. The molecule has 0 bridgehead atoms. The number of aryl methyl sites for hydroxylation is 1. The number of benzene rings is 2. The van der Waals surface area contributed by atoms with E-state index < -0.39 is 5.41 Å². The molecule has 0 unspecified atom stereocenters. The van der Waals surface area contributed by atoms with Crippen molar-refractivity contribution in [2.75, 3.05) is 19.8 Å². The van der Waals surface area contributed by atoms with Gasteiger partial charge in [0.05, 0.1) is 22.8 Å². The van der Waals surface area contributed by atoms with Crippen LogP contribution in [0.1, 0.15) is 24.8 Å². The van der Waals surface area contributed by atoms with E-state index in [1.807, 2.05) is 48.8 Å². The smallest absolute Gasteiger partial charge is 0.230 e. The zero-order chi connectivity index (χ0) is 19.4.